The molecule has 1 aromatic rings. The molecular weight excluding hydrogens is 246 g/mol. The maximum absolute atomic E-state index is 11.4. The molecule has 0 saturated carbocycles. The second-order valence-corrected chi connectivity index (χ2v) is 4.00. The van der Waals surface area contributed by atoms with Crippen molar-refractivity contribution in [2.45, 2.75) is 26.1 Å². The minimum atomic E-state index is -1.32. The number of aliphatic hydroxyl groups excluding tert-OH is 1. The molecule has 1 aliphatic heterocycles. The van der Waals surface area contributed by atoms with Gasteiger partial charge in [0.05, 0.1) is 12.7 Å². The van der Waals surface area contributed by atoms with Gasteiger partial charge in [0.2, 0.25) is 5.88 Å². The highest BCUT2D eigenvalue weighted by molar-refractivity contribution is 6.30. The number of nitrogens with zero attached hydrogens (tertiary/aromatic N) is 1. The molecule has 1 unspecified atom stereocenters. The van der Waals surface area contributed by atoms with E-state index in [4.69, 9.17) is 21.1 Å². The number of methoxy groups -OCH3 is 1. The van der Waals surface area contributed by atoms with Crippen LogP contribution in [0.3, 0.4) is 0 Å². The Labute approximate surface area is 103 Å². The van der Waals surface area contributed by atoms with Crippen molar-refractivity contribution in [2.24, 2.45) is 0 Å². The first kappa shape index (κ1) is 12.1. The molecule has 1 N–H and O–H groups in total. The molecule has 0 radical (unpaired) electrons. The zero-order valence-corrected chi connectivity index (χ0v) is 10.2. The van der Waals surface area contributed by atoms with Crippen molar-refractivity contribution in [1.29, 1.82) is 0 Å². The summed E-state index contributed by atoms with van der Waals surface area (Å²) in [5.74, 6) is -0.384. The predicted molar refractivity (Wildman–Crippen MR) is 59.9 cm³/mol. The standard InChI is InChI=1S/C11H12ClNO4/c1-3-5-7-6(4-17-11(15)8(7)14)10(16-2)13-9(5)12/h8,14H,3-4H2,1-2H3. The number of carbonyl (C=O) groups excluding carboxylic acids is 1. The van der Waals surface area contributed by atoms with Crippen molar-refractivity contribution in [3.8, 4) is 5.88 Å². The number of halogens is 1. The molecular formula is C11H12ClNO4. The zero-order valence-electron chi connectivity index (χ0n) is 9.49. The van der Waals surface area contributed by atoms with E-state index in [0.717, 1.165) is 0 Å². The van der Waals surface area contributed by atoms with Crippen LogP contribution in [0, 0.1) is 0 Å². The molecule has 6 heteroatoms. The lowest BCUT2D eigenvalue weighted by Crippen LogP contribution is -2.25. The maximum atomic E-state index is 11.4. The van der Waals surface area contributed by atoms with E-state index >= 15 is 0 Å². The summed E-state index contributed by atoms with van der Waals surface area (Å²) in [6, 6.07) is 0. The zero-order chi connectivity index (χ0) is 12.6. The molecule has 0 spiro atoms. The van der Waals surface area contributed by atoms with Crippen molar-refractivity contribution in [1.82, 2.24) is 4.98 Å². The lowest BCUT2D eigenvalue weighted by molar-refractivity contribution is -0.157. The maximum Gasteiger partial charge on any atom is 0.340 e. The predicted octanol–water partition coefficient (Wildman–Crippen LogP) is 1.40. The molecule has 0 fully saturated rings. The highest BCUT2D eigenvalue weighted by atomic mass is 35.5. The second kappa shape index (κ2) is 4.50. The van der Waals surface area contributed by atoms with Crippen LogP contribution >= 0.6 is 11.6 Å². The van der Waals surface area contributed by atoms with E-state index in [0.29, 0.717) is 23.1 Å². The van der Waals surface area contributed by atoms with Crippen LogP contribution in [0.15, 0.2) is 0 Å². The number of hydrogen-bond donors (Lipinski definition) is 1. The molecule has 0 aromatic carbocycles. The molecule has 0 amide bonds. The molecule has 92 valence electrons. The van der Waals surface area contributed by atoms with E-state index in [1.165, 1.54) is 7.11 Å². The fraction of sp³-hybridized carbons (Fsp3) is 0.455. The average Bonchev–Trinajstić information content (AvgIpc) is 2.33. The molecule has 2 rings (SSSR count). The van der Waals surface area contributed by atoms with Crippen LogP contribution < -0.4 is 4.74 Å². The van der Waals surface area contributed by atoms with Crippen LogP contribution in [0.4, 0.5) is 0 Å². The molecule has 0 bridgehead atoms. The molecule has 2 heterocycles. The van der Waals surface area contributed by atoms with Gasteiger partial charge in [-0.25, -0.2) is 9.78 Å². The second-order valence-electron chi connectivity index (χ2n) is 3.65. The van der Waals surface area contributed by atoms with Crippen LogP contribution in [-0.4, -0.2) is 23.2 Å². The molecule has 1 aliphatic rings. The van der Waals surface area contributed by atoms with E-state index < -0.39 is 12.1 Å². The summed E-state index contributed by atoms with van der Waals surface area (Å²) in [7, 11) is 1.45. The number of aliphatic hydroxyl groups is 1. The first-order valence-electron chi connectivity index (χ1n) is 5.20. The van der Waals surface area contributed by atoms with E-state index in [1.54, 1.807) is 0 Å². The highest BCUT2D eigenvalue weighted by Gasteiger charge is 2.33. The Balaban J connectivity index is 2.70. The molecule has 1 atom stereocenters. The third kappa shape index (κ3) is 1.85. The van der Waals surface area contributed by atoms with Crippen LogP contribution in [0.1, 0.15) is 29.7 Å². The normalized spacial score (nSPS) is 18.6. The first-order valence-corrected chi connectivity index (χ1v) is 5.57. The number of pyridine rings is 1. The number of aromatic nitrogens is 1. The van der Waals surface area contributed by atoms with E-state index in [1.807, 2.05) is 6.92 Å². The van der Waals surface area contributed by atoms with Crippen LogP contribution in [0.5, 0.6) is 5.88 Å². The SMILES string of the molecule is CCc1c(Cl)nc(OC)c2c1C(O)C(=O)OC2. The molecule has 0 saturated heterocycles. The smallest absolute Gasteiger partial charge is 0.340 e. The van der Waals surface area contributed by atoms with Gasteiger partial charge in [-0.1, -0.05) is 18.5 Å². The van der Waals surface area contributed by atoms with E-state index in [2.05, 4.69) is 4.98 Å². The van der Waals surface area contributed by atoms with Gasteiger partial charge < -0.3 is 14.6 Å². The lowest BCUT2D eigenvalue weighted by Gasteiger charge is -2.25. The summed E-state index contributed by atoms with van der Waals surface area (Å²) in [5, 5.41) is 10.1. The van der Waals surface area contributed by atoms with E-state index in [-0.39, 0.29) is 17.6 Å². The van der Waals surface area contributed by atoms with Gasteiger partial charge in [0.15, 0.2) is 6.10 Å². The van der Waals surface area contributed by atoms with Crippen LogP contribution in [0.25, 0.3) is 0 Å². The summed E-state index contributed by atoms with van der Waals surface area (Å²) in [5.41, 5.74) is 1.72. The van der Waals surface area contributed by atoms with Crippen molar-refractivity contribution < 1.29 is 19.4 Å². The lowest BCUT2D eigenvalue weighted by atomic mass is 9.95. The van der Waals surface area contributed by atoms with Crippen LogP contribution in [0.2, 0.25) is 5.15 Å². The Morgan fingerprint density at radius 3 is 2.94 bits per heavy atom. The number of esters is 1. The fourth-order valence-corrected chi connectivity index (χ4v) is 2.26. The minimum Gasteiger partial charge on any atom is -0.481 e. The van der Waals surface area contributed by atoms with Gasteiger partial charge in [-0.05, 0) is 12.0 Å². The van der Waals surface area contributed by atoms with Gasteiger partial charge in [0.25, 0.3) is 0 Å². The number of hydrogen-bond acceptors (Lipinski definition) is 5. The topological polar surface area (TPSA) is 68.7 Å². The van der Waals surface area contributed by atoms with E-state index in [9.17, 15) is 9.90 Å². The third-order valence-electron chi connectivity index (χ3n) is 2.76. The molecule has 1 aromatic heterocycles. The third-order valence-corrected chi connectivity index (χ3v) is 3.07. The number of rotatable bonds is 2. The quantitative estimate of drug-likeness (QED) is 0.641. The molecule has 17 heavy (non-hydrogen) atoms. The highest BCUT2D eigenvalue weighted by Crippen LogP contribution is 2.37. The number of ether oxygens (including phenoxy) is 2. The Morgan fingerprint density at radius 2 is 2.35 bits per heavy atom. The number of carbonyl (C=O) groups is 1. The Morgan fingerprint density at radius 1 is 1.65 bits per heavy atom. The number of fused-ring (bicyclic) bond motifs is 1. The Bertz CT molecular complexity index is 475. The summed E-state index contributed by atoms with van der Waals surface area (Å²) in [4.78, 5) is 15.4. The minimum absolute atomic E-state index is 0.0472. The molecule has 0 aliphatic carbocycles. The average molecular weight is 258 g/mol. The summed E-state index contributed by atoms with van der Waals surface area (Å²) in [6.07, 6.45) is -0.745. The Kier molecular flexibility index (Phi) is 3.22. The van der Waals surface area contributed by atoms with Crippen molar-refractivity contribution in [3.05, 3.63) is 21.8 Å². The monoisotopic (exact) mass is 257 g/mol. The first-order chi connectivity index (χ1) is 8.10. The van der Waals surface area contributed by atoms with Gasteiger partial charge in [-0.3, -0.25) is 0 Å². The van der Waals surface area contributed by atoms with Gasteiger partial charge >= 0.3 is 5.97 Å². The van der Waals surface area contributed by atoms with Crippen molar-refractivity contribution >= 4 is 17.6 Å². The fourth-order valence-electron chi connectivity index (χ4n) is 1.95. The van der Waals surface area contributed by atoms with Gasteiger partial charge in [-0.15, -0.1) is 0 Å². The number of cyclic esters (lactones) is 1. The summed E-state index contributed by atoms with van der Waals surface area (Å²) >= 11 is 6.00. The van der Waals surface area contributed by atoms with Crippen molar-refractivity contribution in [2.75, 3.05) is 7.11 Å². The van der Waals surface area contributed by atoms with Gasteiger partial charge in [0.1, 0.15) is 11.8 Å². The summed E-state index contributed by atoms with van der Waals surface area (Å²) < 4.78 is 9.92. The molecule has 5 nitrogen and oxygen atoms in total. The van der Waals surface area contributed by atoms with Gasteiger partial charge in [0, 0.05) is 5.56 Å². The van der Waals surface area contributed by atoms with Gasteiger partial charge in [-0.2, -0.15) is 0 Å². The largest absolute Gasteiger partial charge is 0.481 e. The Hall–Kier alpha value is -1.33. The van der Waals surface area contributed by atoms with Crippen molar-refractivity contribution in [3.63, 3.8) is 0 Å². The van der Waals surface area contributed by atoms with Crippen LogP contribution in [-0.2, 0) is 22.6 Å². The summed E-state index contributed by atoms with van der Waals surface area (Å²) in [6.45, 7) is 1.92.